The topological polar surface area (TPSA) is 98.7 Å². The van der Waals surface area contributed by atoms with Crippen molar-refractivity contribution in [3.63, 3.8) is 0 Å². The summed E-state index contributed by atoms with van der Waals surface area (Å²) in [5.41, 5.74) is -0.682. The summed E-state index contributed by atoms with van der Waals surface area (Å²) in [7, 11) is 3.02. The number of rotatable bonds is 5. The molecule has 0 saturated heterocycles. The normalized spacial score (nSPS) is 17.1. The van der Waals surface area contributed by atoms with Crippen LogP contribution in [0.4, 0.5) is 4.79 Å². The molecule has 20 heavy (non-hydrogen) atoms. The zero-order chi connectivity index (χ0) is 15.2. The zero-order valence-corrected chi connectivity index (χ0v) is 12.1. The van der Waals surface area contributed by atoms with Crippen LogP contribution in [0.25, 0.3) is 0 Å². The number of amides is 3. The van der Waals surface area contributed by atoms with Gasteiger partial charge in [0.1, 0.15) is 6.54 Å². The summed E-state index contributed by atoms with van der Waals surface area (Å²) >= 11 is 0. The molecule has 1 rings (SSSR count). The van der Waals surface area contributed by atoms with Gasteiger partial charge in [-0.1, -0.05) is 19.3 Å². The molecule has 7 nitrogen and oxygen atoms in total. The van der Waals surface area contributed by atoms with Crippen molar-refractivity contribution in [1.82, 2.24) is 15.5 Å². The number of likely N-dealkylation sites (N-methyl/N-ethyl adjacent to an activating group) is 2. The van der Waals surface area contributed by atoms with E-state index in [9.17, 15) is 14.4 Å². The van der Waals surface area contributed by atoms with E-state index in [1.54, 1.807) is 0 Å². The second kappa shape index (κ2) is 7.12. The lowest BCUT2D eigenvalue weighted by Gasteiger charge is -2.38. The quantitative estimate of drug-likeness (QED) is 0.687. The third kappa shape index (κ3) is 4.71. The lowest BCUT2D eigenvalue weighted by molar-refractivity contribution is -0.139. The van der Waals surface area contributed by atoms with Crippen molar-refractivity contribution in [1.29, 1.82) is 0 Å². The lowest BCUT2D eigenvalue weighted by atomic mass is 9.79. The number of hydrogen-bond acceptors (Lipinski definition) is 3. The van der Waals surface area contributed by atoms with Crippen LogP contribution in [-0.4, -0.2) is 54.1 Å². The molecule has 0 aromatic rings. The number of hydrogen-bond donors (Lipinski definition) is 3. The molecular formula is C13H23N3O4. The highest BCUT2D eigenvalue weighted by atomic mass is 16.4. The van der Waals surface area contributed by atoms with E-state index in [0.717, 1.165) is 19.3 Å². The van der Waals surface area contributed by atoms with Gasteiger partial charge < -0.3 is 20.6 Å². The first-order chi connectivity index (χ1) is 9.38. The molecule has 0 aromatic carbocycles. The highest BCUT2D eigenvalue weighted by Crippen LogP contribution is 2.31. The summed E-state index contributed by atoms with van der Waals surface area (Å²) < 4.78 is 0. The van der Waals surface area contributed by atoms with Gasteiger partial charge in [0.2, 0.25) is 5.91 Å². The van der Waals surface area contributed by atoms with Gasteiger partial charge in [-0.3, -0.25) is 9.59 Å². The van der Waals surface area contributed by atoms with Gasteiger partial charge >= 0.3 is 12.0 Å². The van der Waals surface area contributed by atoms with Crippen LogP contribution < -0.4 is 10.6 Å². The summed E-state index contributed by atoms with van der Waals surface area (Å²) in [6.07, 6.45) is 4.13. The molecule has 1 aliphatic rings. The standard InChI is InChI=1S/C13H23N3O4/c1-14-10(17)9-16(2)12(20)15-13(8-11(18)19)6-4-3-5-7-13/h3-9H2,1-2H3,(H,14,17)(H,15,20)(H,18,19). The molecule has 1 fully saturated rings. The van der Waals surface area contributed by atoms with E-state index in [-0.39, 0.29) is 18.9 Å². The predicted octanol–water partition coefficient (Wildman–Crippen LogP) is 0.551. The molecule has 0 radical (unpaired) electrons. The number of carboxylic acids is 1. The maximum Gasteiger partial charge on any atom is 0.318 e. The Hall–Kier alpha value is -1.79. The van der Waals surface area contributed by atoms with Gasteiger partial charge in [-0.05, 0) is 12.8 Å². The average molecular weight is 285 g/mol. The summed E-state index contributed by atoms with van der Waals surface area (Å²) in [5.74, 6) is -1.18. The molecule has 0 heterocycles. The molecule has 7 heteroatoms. The Morgan fingerprint density at radius 1 is 1.20 bits per heavy atom. The molecule has 1 aliphatic carbocycles. The van der Waals surface area contributed by atoms with Crippen LogP contribution in [0.3, 0.4) is 0 Å². The van der Waals surface area contributed by atoms with Crippen LogP contribution in [0.5, 0.6) is 0 Å². The number of carbonyl (C=O) groups is 3. The molecule has 114 valence electrons. The molecular weight excluding hydrogens is 262 g/mol. The van der Waals surface area contributed by atoms with Crippen molar-refractivity contribution in [2.75, 3.05) is 20.6 Å². The minimum atomic E-state index is -0.916. The van der Waals surface area contributed by atoms with Crippen LogP contribution in [0, 0.1) is 0 Å². The molecule has 1 saturated carbocycles. The van der Waals surface area contributed by atoms with E-state index >= 15 is 0 Å². The number of nitrogens with one attached hydrogen (secondary N) is 2. The van der Waals surface area contributed by atoms with Crippen molar-refractivity contribution in [2.24, 2.45) is 0 Å². The molecule has 0 bridgehead atoms. The van der Waals surface area contributed by atoms with Gasteiger partial charge in [0.05, 0.1) is 12.0 Å². The fourth-order valence-corrected chi connectivity index (χ4v) is 2.55. The van der Waals surface area contributed by atoms with Crippen molar-refractivity contribution in [3.8, 4) is 0 Å². The van der Waals surface area contributed by atoms with Crippen LogP contribution in [-0.2, 0) is 9.59 Å². The monoisotopic (exact) mass is 285 g/mol. The average Bonchev–Trinajstić information content (AvgIpc) is 2.38. The Morgan fingerprint density at radius 2 is 1.80 bits per heavy atom. The Labute approximate surface area is 118 Å². The Bertz CT molecular complexity index is 378. The minimum absolute atomic E-state index is 0.0501. The van der Waals surface area contributed by atoms with E-state index in [2.05, 4.69) is 10.6 Å². The van der Waals surface area contributed by atoms with Crippen molar-refractivity contribution < 1.29 is 19.5 Å². The summed E-state index contributed by atoms with van der Waals surface area (Å²) in [4.78, 5) is 35.6. The fraction of sp³-hybridized carbons (Fsp3) is 0.769. The van der Waals surface area contributed by atoms with Crippen molar-refractivity contribution in [3.05, 3.63) is 0 Å². The number of aliphatic carboxylic acids is 1. The maximum absolute atomic E-state index is 12.1. The largest absolute Gasteiger partial charge is 0.481 e. The van der Waals surface area contributed by atoms with Gasteiger partial charge in [0, 0.05) is 14.1 Å². The highest BCUT2D eigenvalue weighted by Gasteiger charge is 2.36. The SMILES string of the molecule is CNC(=O)CN(C)C(=O)NC1(CC(=O)O)CCCCC1. The maximum atomic E-state index is 12.1. The van der Waals surface area contributed by atoms with Gasteiger partial charge in [-0.2, -0.15) is 0 Å². The van der Waals surface area contributed by atoms with Gasteiger partial charge in [0.25, 0.3) is 0 Å². The van der Waals surface area contributed by atoms with Gasteiger partial charge in [-0.25, -0.2) is 4.79 Å². The Balaban J connectivity index is 2.66. The number of carboxylic acid groups (broad SMARTS) is 1. The molecule has 0 atom stereocenters. The van der Waals surface area contributed by atoms with E-state index in [1.165, 1.54) is 19.0 Å². The van der Waals surface area contributed by atoms with Gasteiger partial charge in [-0.15, -0.1) is 0 Å². The van der Waals surface area contributed by atoms with E-state index in [0.29, 0.717) is 12.8 Å². The van der Waals surface area contributed by atoms with E-state index in [4.69, 9.17) is 5.11 Å². The third-order valence-electron chi connectivity index (χ3n) is 3.68. The molecule has 3 N–H and O–H groups in total. The molecule has 0 aliphatic heterocycles. The Morgan fingerprint density at radius 3 is 2.30 bits per heavy atom. The number of urea groups is 1. The molecule has 0 aromatic heterocycles. The number of carbonyl (C=O) groups excluding carboxylic acids is 2. The minimum Gasteiger partial charge on any atom is -0.481 e. The molecule has 0 unspecified atom stereocenters. The molecule has 3 amide bonds. The van der Waals surface area contributed by atoms with E-state index < -0.39 is 17.5 Å². The first-order valence-electron chi connectivity index (χ1n) is 6.84. The zero-order valence-electron chi connectivity index (χ0n) is 12.1. The number of nitrogens with zero attached hydrogens (tertiary/aromatic N) is 1. The van der Waals surface area contributed by atoms with Crippen molar-refractivity contribution >= 4 is 17.9 Å². The smallest absolute Gasteiger partial charge is 0.318 e. The summed E-state index contributed by atoms with van der Waals surface area (Å²) in [6.45, 7) is -0.0501. The van der Waals surface area contributed by atoms with Crippen LogP contribution >= 0.6 is 0 Å². The summed E-state index contributed by atoms with van der Waals surface area (Å²) in [5, 5.41) is 14.3. The van der Waals surface area contributed by atoms with Gasteiger partial charge in [0.15, 0.2) is 0 Å². The van der Waals surface area contributed by atoms with E-state index in [1.807, 2.05) is 0 Å². The van der Waals surface area contributed by atoms with Crippen molar-refractivity contribution in [2.45, 2.75) is 44.1 Å². The first-order valence-corrected chi connectivity index (χ1v) is 6.84. The fourth-order valence-electron chi connectivity index (χ4n) is 2.55. The predicted molar refractivity (Wildman–Crippen MR) is 73.3 cm³/mol. The second-order valence-corrected chi connectivity index (χ2v) is 5.37. The van der Waals surface area contributed by atoms with Crippen LogP contribution in [0.15, 0.2) is 0 Å². The lowest BCUT2D eigenvalue weighted by Crippen LogP contribution is -2.55. The molecule has 0 spiro atoms. The first kappa shape index (κ1) is 16.3. The second-order valence-electron chi connectivity index (χ2n) is 5.37. The third-order valence-corrected chi connectivity index (χ3v) is 3.68. The van der Waals surface area contributed by atoms with Crippen LogP contribution in [0.2, 0.25) is 0 Å². The Kier molecular flexibility index (Phi) is 5.79. The summed E-state index contributed by atoms with van der Waals surface area (Å²) in [6, 6.07) is -0.406. The highest BCUT2D eigenvalue weighted by molar-refractivity contribution is 5.84. The van der Waals surface area contributed by atoms with Crippen LogP contribution in [0.1, 0.15) is 38.5 Å².